The van der Waals surface area contributed by atoms with Crippen LogP contribution in [0.3, 0.4) is 0 Å². The molecule has 0 aliphatic carbocycles. The van der Waals surface area contributed by atoms with Crippen molar-refractivity contribution in [2.75, 3.05) is 5.43 Å². The molecule has 3 rings (SSSR count). The highest BCUT2D eigenvalue weighted by Gasteiger charge is 2.16. The number of rotatable bonds is 6. The molecule has 142 valence electrons. The Bertz CT molecular complexity index is 1030. The first-order chi connectivity index (χ1) is 13.4. The third-order valence-electron chi connectivity index (χ3n) is 3.57. The fourth-order valence-corrected chi connectivity index (χ4v) is 2.84. The fraction of sp³-hybridized carbons (Fsp3) is 0.118. The summed E-state index contributed by atoms with van der Waals surface area (Å²) in [4.78, 5) is 22.2. The quantitative estimate of drug-likeness (QED) is 0.221. The first-order valence-electron chi connectivity index (χ1n) is 8.06. The van der Waals surface area contributed by atoms with Crippen LogP contribution in [-0.4, -0.2) is 36.0 Å². The number of tetrazole rings is 1. The molecule has 1 heterocycles. The maximum Gasteiger partial charge on any atom is 0.269 e. The smallest absolute Gasteiger partial charge is 0.269 e. The normalized spacial score (nSPS) is 11.3. The number of thioether (sulfide) groups is 1. The molecule has 0 radical (unpaired) electrons. The number of nitro groups is 1. The van der Waals surface area contributed by atoms with Gasteiger partial charge in [-0.3, -0.25) is 20.3 Å². The van der Waals surface area contributed by atoms with Gasteiger partial charge in [0.2, 0.25) is 5.16 Å². The highest BCUT2D eigenvalue weighted by molar-refractivity contribution is 8.15. The van der Waals surface area contributed by atoms with Gasteiger partial charge >= 0.3 is 0 Å². The number of aryl methyl sites for hydroxylation is 1. The van der Waals surface area contributed by atoms with Crippen LogP contribution in [0.5, 0.6) is 0 Å². The maximum absolute atomic E-state index is 12.0. The van der Waals surface area contributed by atoms with Gasteiger partial charge in [0, 0.05) is 19.1 Å². The van der Waals surface area contributed by atoms with Gasteiger partial charge < -0.3 is 0 Å². The highest BCUT2D eigenvalue weighted by Crippen LogP contribution is 2.21. The minimum absolute atomic E-state index is 0.0343. The van der Waals surface area contributed by atoms with Crippen LogP contribution in [-0.2, 0) is 4.79 Å². The summed E-state index contributed by atoms with van der Waals surface area (Å²) in [7, 11) is 0. The van der Waals surface area contributed by atoms with E-state index >= 15 is 0 Å². The predicted octanol–water partition coefficient (Wildman–Crippen LogP) is 2.99. The summed E-state index contributed by atoms with van der Waals surface area (Å²) >= 11 is 1.01. The fourth-order valence-electron chi connectivity index (χ4n) is 2.12. The molecule has 0 fully saturated rings. The van der Waals surface area contributed by atoms with E-state index in [-0.39, 0.29) is 16.5 Å². The number of nitro benzene ring substituents is 1. The van der Waals surface area contributed by atoms with Gasteiger partial charge in [0.15, 0.2) is 10.8 Å². The lowest BCUT2D eigenvalue weighted by Gasteiger charge is -2.06. The summed E-state index contributed by atoms with van der Waals surface area (Å²) in [5.41, 5.74) is 5.04. The number of benzene rings is 2. The van der Waals surface area contributed by atoms with Crippen molar-refractivity contribution in [3.05, 3.63) is 64.2 Å². The van der Waals surface area contributed by atoms with Crippen LogP contribution in [0, 0.1) is 17.0 Å². The first kappa shape index (κ1) is 19.2. The summed E-state index contributed by atoms with van der Waals surface area (Å²) in [6.07, 6.45) is 0. The average Bonchev–Trinajstić information content (AvgIpc) is 3.14. The van der Waals surface area contributed by atoms with Gasteiger partial charge in [-0.25, -0.2) is 0 Å². The molecule has 3 aromatic rings. The van der Waals surface area contributed by atoms with Crippen LogP contribution in [0.15, 0.2) is 58.8 Å². The molecule has 2 aromatic carbocycles. The van der Waals surface area contributed by atoms with Gasteiger partial charge in [-0.1, -0.05) is 17.7 Å². The Labute approximate surface area is 163 Å². The first-order valence-corrected chi connectivity index (χ1v) is 8.88. The standard InChI is InChI=1S/C17H15N7O3S/c1-11-3-7-14(8-4-11)23-17(20-21-22-23)28-16(12(2)25)19-18-13-5-9-15(10-6-13)24(26)27/h3-10,18H,1-2H3/b19-16-. The van der Waals surface area contributed by atoms with E-state index < -0.39 is 4.92 Å². The zero-order chi connectivity index (χ0) is 20.1. The molecular formula is C17H15N7O3S. The molecule has 0 unspecified atom stereocenters. The van der Waals surface area contributed by atoms with Crippen molar-refractivity contribution >= 4 is 34.0 Å². The minimum Gasteiger partial charge on any atom is -0.292 e. The van der Waals surface area contributed by atoms with Crippen molar-refractivity contribution in [2.45, 2.75) is 19.0 Å². The molecule has 0 atom stereocenters. The van der Waals surface area contributed by atoms with Crippen LogP contribution in [0.4, 0.5) is 11.4 Å². The third kappa shape index (κ3) is 4.57. The number of carbonyl (C=O) groups is 1. The van der Waals surface area contributed by atoms with E-state index in [2.05, 4.69) is 26.1 Å². The number of hydrogen-bond acceptors (Lipinski definition) is 9. The number of non-ortho nitro benzene ring substituents is 1. The summed E-state index contributed by atoms with van der Waals surface area (Å²) in [5, 5.41) is 26.9. The minimum atomic E-state index is -0.491. The van der Waals surface area contributed by atoms with E-state index in [1.54, 1.807) is 0 Å². The molecule has 0 amide bonds. The number of hydrazone groups is 1. The molecule has 28 heavy (non-hydrogen) atoms. The molecule has 0 spiro atoms. The SMILES string of the molecule is CC(=O)/C(=N/Nc1ccc([N+](=O)[O-])cc1)Sc1nnnn1-c1ccc(C)cc1. The zero-order valence-corrected chi connectivity index (χ0v) is 15.8. The summed E-state index contributed by atoms with van der Waals surface area (Å²) in [5.74, 6) is -0.280. The molecule has 1 N–H and O–H groups in total. The molecule has 1 aromatic heterocycles. The number of Topliss-reactive ketones (excluding diaryl/α,β-unsaturated/α-hetero) is 1. The molecule has 10 nitrogen and oxygen atoms in total. The number of anilines is 1. The molecule has 0 saturated heterocycles. The van der Waals surface area contributed by atoms with Gasteiger partial charge in [-0.15, -0.1) is 5.10 Å². The van der Waals surface area contributed by atoms with E-state index in [0.717, 1.165) is 23.0 Å². The van der Waals surface area contributed by atoms with Crippen molar-refractivity contribution in [3.8, 4) is 5.69 Å². The van der Waals surface area contributed by atoms with Gasteiger partial charge in [-0.2, -0.15) is 9.78 Å². The number of aromatic nitrogens is 4. The maximum atomic E-state index is 12.0. The highest BCUT2D eigenvalue weighted by atomic mass is 32.2. The Morgan fingerprint density at radius 3 is 2.46 bits per heavy atom. The van der Waals surface area contributed by atoms with Crippen molar-refractivity contribution < 1.29 is 9.72 Å². The molecule has 0 aliphatic rings. The Morgan fingerprint density at radius 1 is 1.18 bits per heavy atom. The molecule has 0 bridgehead atoms. The van der Waals surface area contributed by atoms with E-state index in [1.165, 1.54) is 35.9 Å². The van der Waals surface area contributed by atoms with Crippen LogP contribution < -0.4 is 5.43 Å². The lowest BCUT2D eigenvalue weighted by atomic mass is 10.2. The largest absolute Gasteiger partial charge is 0.292 e. The Hall–Kier alpha value is -3.60. The number of carbonyl (C=O) groups excluding carboxylic acids is 1. The van der Waals surface area contributed by atoms with E-state index in [0.29, 0.717) is 10.8 Å². The second kappa shape index (κ2) is 8.39. The van der Waals surface area contributed by atoms with Gasteiger partial charge in [0.25, 0.3) is 5.69 Å². The topological polar surface area (TPSA) is 128 Å². The van der Waals surface area contributed by atoms with Crippen molar-refractivity contribution in [1.29, 1.82) is 0 Å². The molecule has 0 saturated carbocycles. The van der Waals surface area contributed by atoms with Gasteiger partial charge in [0.1, 0.15) is 0 Å². The number of nitrogens with zero attached hydrogens (tertiary/aromatic N) is 6. The van der Waals surface area contributed by atoms with Crippen LogP contribution in [0.2, 0.25) is 0 Å². The number of hydrogen-bond donors (Lipinski definition) is 1. The summed E-state index contributed by atoms with van der Waals surface area (Å²) in [6.45, 7) is 3.35. The lowest BCUT2D eigenvalue weighted by Crippen LogP contribution is -2.10. The Balaban J connectivity index is 1.79. The second-order valence-corrected chi connectivity index (χ2v) is 6.66. The monoisotopic (exact) mass is 397 g/mol. The van der Waals surface area contributed by atoms with E-state index in [9.17, 15) is 14.9 Å². The predicted molar refractivity (Wildman–Crippen MR) is 105 cm³/mol. The number of ketones is 1. The van der Waals surface area contributed by atoms with Crippen LogP contribution in [0.1, 0.15) is 12.5 Å². The lowest BCUT2D eigenvalue weighted by molar-refractivity contribution is -0.384. The average molecular weight is 397 g/mol. The summed E-state index contributed by atoms with van der Waals surface area (Å²) < 4.78 is 1.51. The zero-order valence-electron chi connectivity index (χ0n) is 14.9. The Kier molecular flexibility index (Phi) is 5.75. The van der Waals surface area contributed by atoms with Crippen molar-refractivity contribution in [1.82, 2.24) is 20.2 Å². The summed E-state index contributed by atoms with van der Waals surface area (Å²) in [6, 6.07) is 13.3. The van der Waals surface area contributed by atoms with Crippen molar-refractivity contribution in [2.24, 2.45) is 5.10 Å². The second-order valence-electron chi connectivity index (χ2n) is 5.70. The van der Waals surface area contributed by atoms with Gasteiger partial charge in [0.05, 0.1) is 16.3 Å². The van der Waals surface area contributed by atoms with Gasteiger partial charge in [-0.05, 0) is 53.4 Å². The van der Waals surface area contributed by atoms with Crippen LogP contribution >= 0.6 is 11.8 Å². The number of nitrogens with one attached hydrogen (secondary N) is 1. The third-order valence-corrected chi connectivity index (χ3v) is 4.58. The van der Waals surface area contributed by atoms with E-state index in [1.807, 2.05) is 31.2 Å². The van der Waals surface area contributed by atoms with E-state index in [4.69, 9.17) is 0 Å². The molecular weight excluding hydrogens is 382 g/mol. The van der Waals surface area contributed by atoms with Crippen molar-refractivity contribution in [3.63, 3.8) is 0 Å². The molecule has 11 heteroatoms. The molecule has 0 aliphatic heterocycles. The Morgan fingerprint density at radius 2 is 1.86 bits per heavy atom. The van der Waals surface area contributed by atoms with Crippen LogP contribution in [0.25, 0.3) is 5.69 Å².